The summed E-state index contributed by atoms with van der Waals surface area (Å²) in [7, 11) is 0. The minimum atomic E-state index is -0.690. The van der Waals surface area contributed by atoms with E-state index < -0.39 is 11.6 Å². The first-order chi connectivity index (χ1) is 17.6. The SMILES string of the molecule is CC(C)(C)NC(=O)[C@H](Cc1ccccc1)N(Cc1cccc(Cl)c1)C(=O)CCCOc1ccc(Cl)cc1. The van der Waals surface area contributed by atoms with Crippen molar-refractivity contribution in [1.29, 1.82) is 0 Å². The molecule has 2 amide bonds. The lowest BCUT2D eigenvalue weighted by molar-refractivity contribution is -0.142. The quantitative estimate of drug-likeness (QED) is 0.275. The van der Waals surface area contributed by atoms with Crippen LogP contribution in [0.4, 0.5) is 0 Å². The highest BCUT2D eigenvalue weighted by atomic mass is 35.5. The predicted molar refractivity (Wildman–Crippen MR) is 150 cm³/mol. The van der Waals surface area contributed by atoms with E-state index in [0.717, 1.165) is 11.1 Å². The second kappa shape index (κ2) is 13.5. The summed E-state index contributed by atoms with van der Waals surface area (Å²) in [6, 6.07) is 23.5. The summed E-state index contributed by atoms with van der Waals surface area (Å²) in [5, 5.41) is 4.29. The first kappa shape index (κ1) is 28.5. The number of halogens is 2. The highest BCUT2D eigenvalue weighted by Crippen LogP contribution is 2.20. The Morgan fingerprint density at radius 3 is 2.22 bits per heavy atom. The Hall–Kier alpha value is -3.02. The lowest BCUT2D eigenvalue weighted by Crippen LogP contribution is -2.54. The zero-order valence-electron chi connectivity index (χ0n) is 21.5. The van der Waals surface area contributed by atoms with Crippen molar-refractivity contribution < 1.29 is 14.3 Å². The van der Waals surface area contributed by atoms with Gasteiger partial charge in [-0.3, -0.25) is 9.59 Å². The number of rotatable bonds is 11. The van der Waals surface area contributed by atoms with Crippen molar-refractivity contribution in [2.75, 3.05) is 6.61 Å². The van der Waals surface area contributed by atoms with Gasteiger partial charge in [0.15, 0.2) is 0 Å². The van der Waals surface area contributed by atoms with Crippen molar-refractivity contribution in [2.24, 2.45) is 0 Å². The second-order valence-electron chi connectivity index (χ2n) is 10.0. The van der Waals surface area contributed by atoms with Gasteiger partial charge < -0.3 is 15.0 Å². The molecule has 0 saturated carbocycles. The Labute approximate surface area is 229 Å². The van der Waals surface area contributed by atoms with E-state index in [1.807, 2.05) is 69.3 Å². The summed E-state index contributed by atoms with van der Waals surface area (Å²) in [6.45, 7) is 6.44. The minimum absolute atomic E-state index is 0.121. The molecule has 0 saturated heterocycles. The minimum Gasteiger partial charge on any atom is -0.494 e. The second-order valence-corrected chi connectivity index (χ2v) is 10.9. The van der Waals surface area contributed by atoms with Gasteiger partial charge in [-0.15, -0.1) is 0 Å². The number of nitrogens with zero attached hydrogens (tertiary/aromatic N) is 1. The largest absolute Gasteiger partial charge is 0.494 e. The van der Waals surface area contributed by atoms with E-state index in [4.69, 9.17) is 27.9 Å². The molecule has 1 atom stereocenters. The van der Waals surface area contributed by atoms with Crippen LogP contribution in [0, 0.1) is 0 Å². The third kappa shape index (κ3) is 9.75. The van der Waals surface area contributed by atoms with E-state index >= 15 is 0 Å². The molecule has 0 aromatic heterocycles. The molecule has 0 unspecified atom stereocenters. The molecule has 0 aliphatic rings. The van der Waals surface area contributed by atoms with Gasteiger partial charge in [0.25, 0.3) is 0 Å². The third-order valence-electron chi connectivity index (χ3n) is 5.63. The maximum atomic E-state index is 13.6. The Kier molecular flexibility index (Phi) is 10.4. The molecule has 0 fully saturated rings. The molecule has 7 heteroatoms. The zero-order valence-corrected chi connectivity index (χ0v) is 23.1. The van der Waals surface area contributed by atoms with Gasteiger partial charge in [0.1, 0.15) is 11.8 Å². The normalized spacial score (nSPS) is 12.0. The fraction of sp³-hybridized carbons (Fsp3) is 0.333. The summed E-state index contributed by atoms with van der Waals surface area (Å²) < 4.78 is 5.77. The molecule has 3 aromatic carbocycles. The maximum Gasteiger partial charge on any atom is 0.243 e. The number of hydrogen-bond donors (Lipinski definition) is 1. The van der Waals surface area contributed by atoms with Crippen molar-refractivity contribution in [1.82, 2.24) is 10.2 Å². The summed E-state index contributed by atoms with van der Waals surface area (Å²) >= 11 is 12.2. The van der Waals surface area contributed by atoms with Crippen LogP contribution in [0.1, 0.15) is 44.7 Å². The molecular formula is C30H34Cl2N2O3. The molecule has 0 bridgehead atoms. The standard InChI is InChI=1S/C30H34Cl2N2O3/c1-30(2,3)33-29(36)27(20-22-9-5-4-6-10-22)34(21-23-11-7-12-25(32)19-23)28(35)13-8-18-37-26-16-14-24(31)15-17-26/h4-7,9-12,14-17,19,27H,8,13,18,20-21H2,1-3H3,(H,33,36)/t27-/m0/s1. The first-order valence-electron chi connectivity index (χ1n) is 12.4. The number of hydrogen-bond acceptors (Lipinski definition) is 3. The fourth-order valence-corrected chi connectivity index (χ4v) is 4.27. The van der Waals surface area contributed by atoms with Crippen LogP contribution in [0.5, 0.6) is 5.75 Å². The van der Waals surface area contributed by atoms with Crippen LogP contribution in [-0.4, -0.2) is 34.9 Å². The van der Waals surface area contributed by atoms with E-state index in [-0.39, 0.29) is 24.8 Å². The van der Waals surface area contributed by atoms with Crippen LogP contribution in [0.25, 0.3) is 0 Å². The molecule has 0 spiro atoms. The first-order valence-corrected chi connectivity index (χ1v) is 13.1. The third-order valence-corrected chi connectivity index (χ3v) is 6.12. The molecule has 1 N–H and O–H groups in total. The van der Waals surface area contributed by atoms with Gasteiger partial charge in [0, 0.05) is 35.0 Å². The van der Waals surface area contributed by atoms with Crippen LogP contribution in [0.2, 0.25) is 10.0 Å². The van der Waals surface area contributed by atoms with Crippen molar-refractivity contribution >= 4 is 35.0 Å². The van der Waals surface area contributed by atoms with E-state index in [2.05, 4.69) is 5.32 Å². The zero-order chi connectivity index (χ0) is 26.8. The predicted octanol–water partition coefficient (Wildman–Crippen LogP) is 6.71. The molecule has 3 aromatic rings. The van der Waals surface area contributed by atoms with E-state index in [9.17, 15) is 9.59 Å². The monoisotopic (exact) mass is 540 g/mol. The number of amides is 2. The van der Waals surface area contributed by atoms with Crippen LogP contribution in [-0.2, 0) is 22.6 Å². The van der Waals surface area contributed by atoms with E-state index in [1.54, 1.807) is 35.2 Å². The van der Waals surface area contributed by atoms with E-state index in [1.165, 1.54) is 0 Å². The van der Waals surface area contributed by atoms with E-state index in [0.29, 0.717) is 35.2 Å². The average molecular weight is 542 g/mol. The molecule has 196 valence electrons. The Balaban J connectivity index is 1.81. The molecule has 0 aliphatic heterocycles. The van der Waals surface area contributed by atoms with Crippen molar-refractivity contribution in [3.8, 4) is 5.75 Å². The highest BCUT2D eigenvalue weighted by Gasteiger charge is 2.32. The number of benzene rings is 3. The summed E-state index contributed by atoms with van der Waals surface area (Å²) in [6.07, 6.45) is 1.14. The van der Waals surface area contributed by atoms with Crippen LogP contribution in [0.15, 0.2) is 78.9 Å². The van der Waals surface area contributed by atoms with Gasteiger partial charge in [-0.05, 0) is 74.7 Å². The molecular weight excluding hydrogens is 507 g/mol. The molecule has 0 heterocycles. The molecule has 3 rings (SSSR count). The number of nitrogens with one attached hydrogen (secondary N) is 1. The average Bonchev–Trinajstić information content (AvgIpc) is 2.84. The summed E-state index contributed by atoms with van der Waals surface area (Å²) in [5.74, 6) is 0.382. The molecule has 0 aliphatic carbocycles. The van der Waals surface area contributed by atoms with Gasteiger partial charge in [0.2, 0.25) is 11.8 Å². The van der Waals surface area contributed by atoms with Crippen molar-refractivity contribution in [3.05, 3.63) is 100 Å². The lowest BCUT2D eigenvalue weighted by atomic mass is 10.00. The molecule has 5 nitrogen and oxygen atoms in total. The Morgan fingerprint density at radius 1 is 0.892 bits per heavy atom. The molecule has 37 heavy (non-hydrogen) atoms. The van der Waals surface area contributed by atoms with Gasteiger partial charge in [-0.2, -0.15) is 0 Å². The van der Waals surface area contributed by atoms with Crippen LogP contribution >= 0.6 is 23.2 Å². The van der Waals surface area contributed by atoms with Gasteiger partial charge >= 0.3 is 0 Å². The topological polar surface area (TPSA) is 58.6 Å². The smallest absolute Gasteiger partial charge is 0.243 e. The lowest BCUT2D eigenvalue weighted by Gasteiger charge is -2.34. The highest BCUT2D eigenvalue weighted by molar-refractivity contribution is 6.30. The number of carbonyl (C=O) groups excluding carboxylic acids is 2. The van der Waals surface area contributed by atoms with Crippen LogP contribution < -0.4 is 10.1 Å². The maximum absolute atomic E-state index is 13.6. The number of carbonyl (C=O) groups is 2. The summed E-state index contributed by atoms with van der Waals surface area (Å²) in [4.78, 5) is 28.8. The Bertz CT molecular complexity index is 1160. The van der Waals surface area contributed by atoms with Gasteiger partial charge in [-0.1, -0.05) is 65.7 Å². The van der Waals surface area contributed by atoms with Gasteiger partial charge in [-0.25, -0.2) is 0 Å². The Morgan fingerprint density at radius 2 is 1.57 bits per heavy atom. The van der Waals surface area contributed by atoms with Crippen molar-refractivity contribution in [2.45, 2.75) is 58.2 Å². The number of ether oxygens (including phenoxy) is 1. The fourth-order valence-electron chi connectivity index (χ4n) is 3.93. The van der Waals surface area contributed by atoms with Crippen molar-refractivity contribution in [3.63, 3.8) is 0 Å². The van der Waals surface area contributed by atoms with Gasteiger partial charge in [0.05, 0.1) is 6.61 Å². The van der Waals surface area contributed by atoms with Crippen LogP contribution in [0.3, 0.4) is 0 Å². The summed E-state index contributed by atoms with van der Waals surface area (Å²) in [5.41, 5.74) is 1.40. The molecule has 0 radical (unpaired) electrons.